The molecule has 1 aliphatic carbocycles. The van der Waals surface area contributed by atoms with E-state index in [1.807, 2.05) is 18.2 Å². The number of nitrogens with zero attached hydrogens (tertiary/aromatic N) is 1. The van der Waals surface area contributed by atoms with Crippen molar-refractivity contribution in [2.24, 2.45) is 11.1 Å². The predicted octanol–water partition coefficient (Wildman–Crippen LogP) is 3.08. The summed E-state index contributed by atoms with van der Waals surface area (Å²) in [6.45, 7) is 0. The molecule has 0 radical (unpaired) electrons. The Bertz CT molecular complexity index is 467. The van der Waals surface area contributed by atoms with Crippen molar-refractivity contribution in [2.45, 2.75) is 12.8 Å². The molecule has 0 bridgehead atoms. The molecule has 1 aliphatic rings. The van der Waals surface area contributed by atoms with Crippen LogP contribution in [0, 0.1) is 17.8 Å². The summed E-state index contributed by atoms with van der Waals surface area (Å²) in [6, 6.07) is 5.57. The number of rotatable bonds is 2. The molecule has 1 saturated carbocycles. The highest BCUT2D eigenvalue weighted by atomic mass is 35.5. The molecule has 2 nitrogen and oxygen atoms in total. The lowest BCUT2D eigenvalue weighted by atomic mass is 10.1. The molecular formula is C13H12ClNO. The SMILES string of the molecule is CO/N=C/c1ccc(Cl)cc1C#CC1CC1. The second-order valence-corrected chi connectivity index (χ2v) is 4.13. The first-order valence-electron chi connectivity index (χ1n) is 5.17. The van der Waals surface area contributed by atoms with Crippen molar-refractivity contribution >= 4 is 17.8 Å². The third-order valence-corrected chi connectivity index (χ3v) is 2.54. The number of oxime groups is 1. The predicted molar refractivity (Wildman–Crippen MR) is 65.7 cm³/mol. The first kappa shape index (κ1) is 11.0. The molecule has 1 fully saturated rings. The van der Waals surface area contributed by atoms with Gasteiger partial charge >= 0.3 is 0 Å². The van der Waals surface area contributed by atoms with Crippen molar-refractivity contribution in [3.63, 3.8) is 0 Å². The number of benzene rings is 1. The fraction of sp³-hybridized carbons (Fsp3) is 0.308. The minimum Gasteiger partial charge on any atom is -0.399 e. The molecule has 0 unspecified atom stereocenters. The lowest BCUT2D eigenvalue weighted by Crippen LogP contribution is -1.88. The zero-order valence-electron chi connectivity index (χ0n) is 9.03. The van der Waals surface area contributed by atoms with E-state index in [2.05, 4.69) is 21.8 Å². The summed E-state index contributed by atoms with van der Waals surface area (Å²) < 4.78 is 0. The average Bonchev–Trinajstić information content (AvgIpc) is 3.09. The van der Waals surface area contributed by atoms with Gasteiger partial charge in [-0.25, -0.2) is 0 Å². The fourth-order valence-corrected chi connectivity index (χ4v) is 1.44. The van der Waals surface area contributed by atoms with Gasteiger partial charge in [-0.2, -0.15) is 0 Å². The molecule has 0 spiro atoms. The smallest absolute Gasteiger partial charge is 0.106 e. The van der Waals surface area contributed by atoms with Crippen LogP contribution in [0.5, 0.6) is 0 Å². The fourth-order valence-electron chi connectivity index (χ4n) is 1.27. The van der Waals surface area contributed by atoms with Gasteiger partial charge in [-0.15, -0.1) is 0 Å². The summed E-state index contributed by atoms with van der Waals surface area (Å²) in [5.74, 6) is 6.92. The van der Waals surface area contributed by atoms with E-state index in [-0.39, 0.29) is 0 Å². The molecule has 2 rings (SSSR count). The zero-order chi connectivity index (χ0) is 11.4. The maximum absolute atomic E-state index is 5.94. The highest BCUT2D eigenvalue weighted by Gasteiger charge is 2.17. The third kappa shape index (κ3) is 3.01. The Balaban J connectivity index is 2.28. The Hall–Kier alpha value is -1.46. The normalized spacial score (nSPS) is 14.6. The molecule has 82 valence electrons. The van der Waals surface area contributed by atoms with Gasteiger partial charge in [0, 0.05) is 22.1 Å². The minimum atomic E-state index is 0.575. The molecule has 0 heterocycles. The van der Waals surface area contributed by atoms with E-state index in [1.165, 1.54) is 20.0 Å². The van der Waals surface area contributed by atoms with Gasteiger partial charge in [0.1, 0.15) is 7.11 Å². The van der Waals surface area contributed by atoms with Crippen LogP contribution in [0.25, 0.3) is 0 Å². The van der Waals surface area contributed by atoms with Crippen LogP contribution in [0.15, 0.2) is 23.4 Å². The van der Waals surface area contributed by atoms with Crippen LogP contribution >= 0.6 is 11.6 Å². The molecular weight excluding hydrogens is 222 g/mol. The van der Waals surface area contributed by atoms with E-state index < -0.39 is 0 Å². The van der Waals surface area contributed by atoms with Gasteiger partial charge < -0.3 is 4.84 Å². The zero-order valence-corrected chi connectivity index (χ0v) is 9.79. The van der Waals surface area contributed by atoms with Gasteiger partial charge in [-0.3, -0.25) is 0 Å². The van der Waals surface area contributed by atoms with Crippen molar-refractivity contribution in [3.05, 3.63) is 34.3 Å². The lowest BCUT2D eigenvalue weighted by Gasteiger charge is -1.98. The lowest BCUT2D eigenvalue weighted by molar-refractivity contribution is 0.215. The van der Waals surface area contributed by atoms with Gasteiger partial charge in [0.25, 0.3) is 0 Å². The Morgan fingerprint density at radius 3 is 3.00 bits per heavy atom. The van der Waals surface area contributed by atoms with Crippen molar-refractivity contribution in [3.8, 4) is 11.8 Å². The third-order valence-electron chi connectivity index (χ3n) is 2.30. The van der Waals surface area contributed by atoms with Crippen LogP contribution in [-0.2, 0) is 4.84 Å². The van der Waals surface area contributed by atoms with Crippen LogP contribution in [-0.4, -0.2) is 13.3 Å². The quantitative estimate of drug-likeness (QED) is 0.437. The van der Waals surface area contributed by atoms with Gasteiger partial charge in [-0.1, -0.05) is 34.7 Å². The molecule has 1 aromatic carbocycles. The first-order chi connectivity index (χ1) is 7.79. The largest absolute Gasteiger partial charge is 0.399 e. The highest BCUT2D eigenvalue weighted by molar-refractivity contribution is 6.30. The molecule has 0 amide bonds. The number of halogens is 1. The Morgan fingerprint density at radius 2 is 2.31 bits per heavy atom. The Morgan fingerprint density at radius 1 is 1.50 bits per heavy atom. The van der Waals surface area contributed by atoms with Crippen LogP contribution in [0.1, 0.15) is 24.0 Å². The molecule has 0 N–H and O–H groups in total. The average molecular weight is 234 g/mol. The summed E-state index contributed by atoms with van der Waals surface area (Å²) in [4.78, 5) is 4.66. The van der Waals surface area contributed by atoms with Crippen molar-refractivity contribution < 1.29 is 4.84 Å². The summed E-state index contributed by atoms with van der Waals surface area (Å²) in [6.07, 6.45) is 4.08. The summed E-state index contributed by atoms with van der Waals surface area (Å²) in [7, 11) is 1.52. The van der Waals surface area contributed by atoms with E-state index >= 15 is 0 Å². The van der Waals surface area contributed by atoms with Crippen molar-refractivity contribution in [1.29, 1.82) is 0 Å². The molecule has 3 heteroatoms. The molecule has 1 aromatic rings. The summed E-state index contributed by atoms with van der Waals surface area (Å²) in [5.41, 5.74) is 1.83. The molecule has 0 aliphatic heterocycles. The molecule has 0 saturated heterocycles. The maximum atomic E-state index is 5.94. The van der Waals surface area contributed by atoms with Crippen LogP contribution in [0.2, 0.25) is 5.02 Å². The molecule has 0 atom stereocenters. The van der Waals surface area contributed by atoms with Crippen LogP contribution in [0.4, 0.5) is 0 Å². The number of hydrogen-bond donors (Lipinski definition) is 0. The maximum Gasteiger partial charge on any atom is 0.106 e. The van der Waals surface area contributed by atoms with Crippen LogP contribution < -0.4 is 0 Å². The standard InChI is InChI=1S/C13H12ClNO/c1-16-15-9-12-6-7-13(14)8-11(12)5-4-10-2-3-10/h6-10H,2-3H2,1H3/b15-9+. The minimum absolute atomic E-state index is 0.575. The highest BCUT2D eigenvalue weighted by Crippen LogP contribution is 2.27. The Kier molecular flexibility index (Phi) is 3.48. The summed E-state index contributed by atoms with van der Waals surface area (Å²) >= 11 is 5.94. The van der Waals surface area contributed by atoms with Crippen molar-refractivity contribution in [1.82, 2.24) is 0 Å². The Labute approximate surface area is 100 Å². The van der Waals surface area contributed by atoms with Gasteiger partial charge in [-0.05, 0) is 25.0 Å². The second kappa shape index (κ2) is 5.05. The van der Waals surface area contributed by atoms with Gasteiger partial charge in [0.2, 0.25) is 0 Å². The molecule has 16 heavy (non-hydrogen) atoms. The van der Waals surface area contributed by atoms with E-state index in [4.69, 9.17) is 11.6 Å². The van der Waals surface area contributed by atoms with Gasteiger partial charge in [0.15, 0.2) is 0 Å². The van der Waals surface area contributed by atoms with E-state index in [1.54, 1.807) is 6.21 Å². The summed E-state index contributed by atoms with van der Waals surface area (Å²) in [5, 5.41) is 4.43. The number of hydrogen-bond acceptors (Lipinski definition) is 2. The molecule has 0 aromatic heterocycles. The van der Waals surface area contributed by atoms with E-state index in [9.17, 15) is 0 Å². The van der Waals surface area contributed by atoms with Gasteiger partial charge in [0.05, 0.1) is 6.21 Å². The topological polar surface area (TPSA) is 21.6 Å². The second-order valence-electron chi connectivity index (χ2n) is 3.69. The van der Waals surface area contributed by atoms with Crippen LogP contribution in [0.3, 0.4) is 0 Å². The monoisotopic (exact) mass is 233 g/mol. The first-order valence-corrected chi connectivity index (χ1v) is 5.55. The van der Waals surface area contributed by atoms with E-state index in [0.29, 0.717) is 10.9 Å². The van der Waals surface area contributed by atoms with E-state index in [0.717, 1.165) is 11.1 Å². The van der Waals surface area contributed by atoms with Crippen molar-refractivity contribution in [2.75, 3.05) is 7.11 Å².